The third-order valence-electron chi connectivity index (χ3n) is 13.3. The van der Waals surface area contributed by atoms with Crippen molar-refractivity contribution in [2.24, 2.45) is 0 Å². The van der Waals surface area contributed by atoms with E-state index < -0.39 is 75.2 Å². The van der Waals surface area contributed by atoms with Crippen LogP contribution in [-0.4, -0.2) is 108 Å². The van der Waals surface area contributed by atoms with Crippen molar-refractivity contribution in [3.8, 4) is 0 Å². The fourth-order valence-corrected chi connectivity index (χ4v) is 9.81. The van der Waals surface area contributed by atoms with Crippen LogP contribution in [0.15, 0.2) is 24.3 Å². The molecule has 8 atom stereocenters. The Bertz CT molecular complexity index is 1240. The number of allylic oxidation sites excluding steroid dienone is 3. The van der Waals surface area contributed by atoms with Crippen molar-refractivity contribution in [1.82, 2.24) is 5.32 Å². The number of phosphoric ester groups is 1. The van der Waals surface area contributed by atoms with Gasteiger partial charge in [0, 0.05) is 0 Å². The van der Waals surface area contributed by atoms with Crippen molar-refractivity contribution < 1.29 is 59.0 Å². The first-order valence-electron chi connectivity index (χ1n) is 27.4. The molecular formula is C53H102NO12P. The summed E-state index contributed by atoms with van der Waals surface area (Å²) in [5.41, 5.74) is 0. The zero-order chi connectivity index (χ0) is 49.4. The Morgan fingerprint density at radius 3 is 1.31 bits per heavy atom. The fourth-order valence-electron chi connectivity index (χ4n) is 8.85. The molecule has 396 valence electrons. The SMILES string of the molecule is CCCCCCCCCCCCCCC/C=C/CC/C=C/C(O)C(COP(=O)(O)OC1C(O)C(O)C(O)C(O)C1O)NC(=O)CC(O)CCCCCCCCCCCCCCCCCCCC. The number of carbonyl (C=O) groups is 1. The third-order valence-corrected chi connectivity index (χ3v) is 14.3. The van der Waals surface area contributed by atoms with Crippen molar-refractivity contribution >= 4 is 13.7 Å². The van der Waals surface area contributed by atoms with Crippen molar-refractivity contribution in [3.05, 3.63) is 24.3 Å². The summed E-state index contributed by atoms with van der Waals surface area (Å²) in [5.74, 6) is -0.598. The molecule has 13 nitrogen and oxygen atoms in total. The van der Waals surface area contributed by atoms with Gasteiger partial charge in [-0.15, -0.1) is 0 Å². The highest BCUT2D eigenvalue weighted by atomic mass is 31.2. The Morgan fingerprint density at radius 2 is 0.881 bits per heavy atom. The van der Waals surface area contributed by atoms with E-state index in [2.05, 4.69) is 31.3 Å². The van der Waals surface area contributed by atoms with Gasteiger partial charge in [0.2, 0.25) is 5.91 Å². The summed E-state index contributed by atoms with van der Waals surface area (Å²) in [7, 11) is -5.15. The van der Waals surface area contributed by atoms with E-state index in [0.29, 0.717) is 12.8 Å². The summed E-state index contributed by atoms with van der Waals surface area (Å²) in [4.78, 5) is 23.5. The Hall–Kier alpha value is -1.22. The molecule has 1 aliphatic rings. The van der Waals surface area contributed by atoms with Crippen LogP contribution in [-0.2, 0) is 18.4 Å². The minimum Gasteiger partial charge on any atom is -0.393 e. The zero-order valence-corrected chi connectivity index (χ0v) is 43.2. The summed E-state index contributed by atoms with van der Waals surface area (Å²) >= 11 is 0. The molecule has 14 heteroatoms. The van der Waals surface area contributed by atoms with Gasteiger partial charge in [-0.2, -0.15) is 0 Å². The van der Waals surface area contributed by atoms with Gasteiger partial charge in [-0.1, -0.05) is 231 Å². The molecule has 8 unspecified atom stereocenters. The lowest BCUT2D eigenvalue weighted by atomic mass is 9.85. The van der Waals surface area contributed by atoms with E-state index in [1.54, 1.807) is 6.08 Å². The van der Waals surface area contributed by atoms with Crippen LogP contribution in [0, 0.1) is 0 Å². The summed E-state index contributed by atoms with van der Waals surface area (Å²) in [6.07, 6.45) is 35.5. The predicted octanol–water partition coefficient (Wildman–Crippen LogP) is 10.7. The molecule has 0 spiro atoms. The Kier molecular flexibility index (Phi) is 40.4. The van der Waals surface area contributed by atoms with E-state index in [-0.39, 0.29) is 6.42 Å². The van der Waals surface area contributed by atoms with Crippen LogP contribution in [0.4, 0.5) is 0 Å². The second kappa shape index (κ2) is 42.5. The van der Waals surface area contributed by atoms with Crippen molar-refractivity contribution in [2.45, 2.75) is 300 Å². The largest absolute Gasteiger partial charge is 0.472 e. The number of phosphoric acid groups is 1. The highest BCUT2D eigenvalue weighted by Crippen LogP contribution is 2.47. The minimum absolute atomic E-state index is 0.248. The number of amides is 1. The van der Waals surface area contributed by atoms with Crippen LogP contribution in [0.5, 0.6) is 0 Å². The van der Waals surface area contributed by atoms with Gasteiger partial charge in [-0.3, -0.25) is 13.8 Å². The number of aliphatic hydroxyl groups is 7. The predicted molar refractivity (Wildman–Crippen MR) is 270 cm³/mol. The number of hydrogen-bond acceptors (Lipinski definition) is 11. The van der Waals surface area contributed by atoms with Gasteiger partial charge in [-0.25, -0.2) is 4.57 Å². The van der Waals surface area contributed by atoms with E-state index in [1.807, 2.05) is 0 Å². The number of rotatable bonds is 46. The average molecular weight is 976 g/mol. The minimum atomic E-state index is -5.15. The van der Waals surface area contributed by atoms with Gasteiger partial charge in [-0.05, 0) is 32.1 Å². The summed E-state index contributed by atoms with van der Waals surface area (Å²) in [5, 5.41) is 74.7. The number of unbranched alkanes of at least 4 members (excludes halogenated alkanes) is 31. The first-order valence-corrected chi connectivity index (χ1v) is 28.9. The molecule has 0 aromatic heterocycles. The first kappa shape index (κ1) is 63.8. The lowest BCUT2D eigenvalue weighted by Crippen LogP contribution is -2.64. The van der Waals surface area contributed by atoms with Crippen LogP contribution < -0.4 is 5.32 Å². The molecule has 0 heterocycles. The normalized spacial score (nSPS) is 22.4. The molecule has 67 heavy (non-hydrogen) atoms. The van der Waals surface area contributed by atoms with Gasteiger partial charge in [0.1, 0.15) is 36.6 Å². The standard InChI is InChI=1S/C53H102NO12P/c1-3-5-7-9-11-13-15-17-19-21-23-25-27-29-31-33-35-37-39-41-46(56)45(43-65-67(63,64)66-53-51(61)49(59)48(58)50(60)52(53)62)54-47(57)42-44(55)40-38-36-34-32-30-28-26-24-22-20-18-16-14-12-10-8-6-4-2/h31,33,39,41,44-46,48-53,55-56,58-62H,3-30,32,34-38,40,42-43H2,1-2H3,(H,54,57)(H,63,64)/b33-31+,41-39+. The molecule has 1 amide bonds. The molecule has 1 saturated carbocycles. The number of nitrogens with one attached hydrogen (secondary N) is 1. The molecule has 0 saturated heterocycles. The fraction of sp³-hybridized carbons (Fsp3) is 0.906. The number of aliphatic hydroxyl groups excluding tert-OH is 7. The van der Waals surface area contributed by atoms with E-state index in [4.69, 9.17) is 9.05 Å². The summed E-state index contributed by atoms with van der Waals surface area (Å²) in [6.45, 7) is 3.77. The maximum absolute atomic E-state index is 13.1. The number of carbonyl (C=O) groups excluding carboxylic acids is 1. The van der Waals surface area contributed by atoms with Gasteiger partial charge in [0.15, 0.2) is 0 Å². The highest BCUT2D eigenvalue weighted by Gasteiger charge is 2.51. The topological polar surface area (TPSA) is 226 Å². The van der Waals surface area contributed by atoms with Gasteiger partial charge >= 0.3 is 7.82 Å². The van der Waals surface area contributed by atoms with E-state index in [1.165, 1.54) is 173 Å². The first-order chi connectivity index (χ1) is 32.3. The molecule has 0 aromatic rings. The molecule has 1 aliphatic carbocycles. The zero-order valence-electron chi connectivity index (χ0n) is 42.3. The second-order valence-electron chi connectivity index (χ2n) is 19.6. The van der Waals surface area contributed by atoms with E-state index >= 15 is 0 Å². The average Bonchev–Trinajstić information content (AvgIpc) is 3.30. The molecule has 1 fully saturated rings. The Balaban J connectivity index is 2.47. The quantitative estimate of drug-likeness (QED) is 0.0158. The van der Waals surface area contributed by atoms with Gasteiger partial charge < -0.3 is 46.0 Å². The van der Waals surface area contributed by atoms with Crippen molar-refractivity contribution in [3.63, 3.8) is 0 Å². The molecule has 1 rings (SSSR count). The third kappa shape index (κ3) is 33.9. The lowest BCUT2D eigenvalue weighted by Gasteiger charge is -2.41. The van der Waals surface area contributed by atoms with Crippen LogP contribution in [0.25, 0.3) is 0 Å². The molecule has 0 aromatic carbocycles. The second-order valence-corrected chi connectivity index (χ2v) is 21.0. The van der Waals surface area contributed by atoms with Crippen molar-refractivity contribution in [1.29, 1.82) is 0 Å². The maximum atomic E-state index is 13.1. The molecule has 0 bridgehead atoms. The summed E-state index contributed by atoms with van der Waals surface area (Å²) < 4.78 is 23.0. The molecule has 0 radical (unpaired) electrons. The monoisotopic (exact) mass is 976 g/mol. The van der Waals surface area contributed by atoms with Gasteiger partial charge in [0.25, 0.3) is 0 Å². The van der Waals surface area contributed by atoms with Crippen LogP contribution in [0.3, 0.4) is 0 Å². The summed E-state index contributed by atoms with van der Waals surface area (Å²) in [6, 6.07) is -1.25. The Morgan fingerprint density at radius 1 is 0.522 bits per heavy atom. The van der Waals surface area contributed by atoms with E-state index in [9.17, 15) is 50.0 Å². The molecular weight excluding hydrogens is 874 g/mol. The highest BCUT2D eigenvalue weighted by molar-refractivity contribution is 7.47. The van der Waals surface area contributed by atoms with Crippen LogP contribution in [0.1, 0.15) is 245 Å². The lowest BCUT2D eigenvalue weighted by molar-refractivity contribution is -0.220. The smallest absolute Gasteiger partial charge is 0.393 e. The molecule has 9 N–H and O–H groups in total. The van der Waals surface area contributed by atoms with Crippen LogP contribution >= 0.6 is 7.82 Å². The maximum Gasteiger partial charge on any atom is 0.472 e. The van der Waals surface area contributed by atoms with Crippen molar-refractivity contribution in [2.75, 3.05) is 6.61 Å². The van der Waals surface area contributed by atoms with E-state index in [0.717, 1.165) is 44.9 Å². The van der Waals surface area contributed by atoms with Gasteiger partial charge in [0.05, 0.1) is 31.3 Å². The molecule has 0 aliphatic heterocycles. The number of hydrogen-bond donors (Lipinski definition) is 9. The Labute approximate surface area is 407 Å². The van der Waals surface area contributed by atoms with Crippen LogP contribution in [0.2, 0.25) is 0 Å².